The van der Waals surface area contributed by atoms with Crippen LogP contribution in [-0.2, 0) is 0 Å². The standard InChI is InChI=1S/C14H22F2N4/c1-19-7-4-8-20(2)12(9-19)14(18-17)10-5-3-6-11(15)13(10)16/h3,5-6,12,14,18H,4,7-9,17H2,1-2H3. The van der Waals surface area contributed by atoms with E-state index in [1.807, 2.05) is 14.1 Å². The second-order valence-corrected chi connectivity index (χ2v) is 5.45. The average Bonchev–Trinajstić information content (AvgIpc) is 2.58. The summed E-state index contributed by atoms with van der Waals surface area (Å²) in [6.07, 6.45) is 1.05. The van der Waals surface area contributed by atoms with Crippen LogP contribution >= 0.6 is 0 Å². The number of nitrogens with one attached hydrogen (secondary N) is 1. The van der Waals surface area contributed by atoms with Crippen LogP contribution in [0.3, 0.4) is 0 Å². The molecule has 2 atom stereocenters. The molecule has 1 saturated heterocycles. The third-order valence-corrected chi connectivity index (χ3v) is 4.00. The fourth-order valence-corrected chi connectivity index (χ4v) is 2.83. The summed E-state index contributed by atoms with van der Waals surface area (Å²) in [6.45, 7) is 2.65. The molecule has 0 aromatic heterocycles. The van der Waals surface area contributed by atoms with Crippen molar-refractivity contribution in [1.29, 1.82) is 0 Å². The third kappa shape index (κ3) is 3.15. The minimum atomic E-state index is -0.840. The molecule has 4 nitrogen and oxygen atoms in total. The molecule has 6 heteroatoms. The van der Waals surface area contributed by atoms with Crippen molar-refractivity contribution in [2.45, 2.75) is 18.5 Å². The van der Waals surface area contributed by atoms with Crippen LogP contribution in [0.25, 0.3) is 0 Å². The van der Waals surface area contributed by atoms with Gasteiger partial charge in [0.1, 0.15) is 0 Å². The summed E-state index contributed by atoms with van der Waals surface area (Å²) in [5.41, 5.74) is 2.94. The topological polar surface area (TPSA) is 44.5 Å². The predicted molar refractivity (Wildman–Crippen MR) is 75.0 cm³/mol. The number of nitrogens with two attached hydrogens (primary N) is 1. The highest BCUT2D eigenvalue weighted by molar-refractivity contribution is 5.24. The van der Waals surface area contributed by atoms with Crippen molar-refractivity contribution >= 4 is 0 Å². The fourth-order valence-electron chi connectivity index (χ4n) is 2.83. The molecule has 112 valence electrons. The Labute approximate surface area is 118 Å². The van der Waals surface area contributed by atoms with Crippen LogP contribution in [0.15, 0.2) is 18.2 Å². The molecule has 0 spiro atoms. The van der Waals surface area contributed by atoms with E-state index in [1.54, 1.807) is 6.07 Å². The molecule has 0 amide bonds. The second kappa shape index (κ2) is 6.58. The highest BCUT2D eigenvalue weighted by atomic mass is 19.2. The zero-order valence-corrected chi connectivity index (χ0v) is 11.9. The van der Waals surface area contributed by atoms with E-state index < -0.39 is 17.7 Å². The zero-order valence-electron chi connectivity index (χ0n) is 11.9. The zero-order chi connectivity index (χ0) is 14.7. The summed E-state index contributed by atoms with van der Waals surface area (Å²) < 4.78 is 27.4. The van der Waals surface area contributed by atoms with E-state index in [0.717, 1.165) is 32.1 Å². The Morgan fingerprint density at radius 2 is 2.05 bits per heavy atom. The summed E-state index contributed by atoms with van der Waals surface area (Å²) in [4.78, 5) is 4.34. The van der Waals surface area contributed by atoms with Crippen LogP contribution in [0.1, 0.15) is 18.0 Å². The SMILES string of the molecule is CN1CCCN(C)C(C(NN)c2cccc(F)c2F)C1. The number of hydrazine groups is 1. The van der Waals surface area contributed by atoms with Gasteiger partial charge in [0.15, 0.2) is 11.6 Å². The first-order chi connectivity index (χ1) is 9.54. The number of halogens is 2. The van der Waals surface area contributed by atoms with Crippen molar-refractivity contribution in [2.24, 2.45) is 5.84 Å². The molecule has 1 aromatic carbocycles. The molecule has 1 fully saturated rings. The van der Waals surface area contributed by atoms with Crippen molar-refractivity contribution in [2.75, 3.05) is 33.7 Å². The van der Waals surface area contributed by atoms with Gasteiger partial charge in [0, 0.05) is 18.2 Å². The Morgan fingerprint density at radius 3 is 2.75 bits per heavy atom. The Bertz CT molecular complexity index is 455. The van der Waals surface area contributed by atoms with Gasteiger partial charge < -0.3 is 9.80 Å². The van der Waals surface area contributed by atoms with Crippen molar-refractivity contribution in [3.63, 3.8) is 0 Å². The van der Waals surface area contributed by atoms with Gasteiger partial charge in [0.25, 0.3) is 0 Å². The molecule has 0 radical (unpaired) electrons. The minimum Gasteiger partial charge on any atom is -0.305 e. The van der Waals surface area contributed by atoms with Crippen LogP contribution in [0.2, 0.25) is 0 Å². The van der Waals surface area contributed by atoms with E-state index in [2.05, 4.69) is 15.2 Å². The number of benzene rings is 1. The van der Waals surface area contributed by atoms with Gasteiger partial charge in [-0.3, -0.25) is 11.3 Å². The second-order valence-electron chi connectivity index (χ2n) is 5.45. The smallest absolute Gasteiger partial charge is 0.163 e. The van der Waals surface area contributed by atoms with Crippen LogP contribution in [0.4, 0.5) is 8.78 Å². The molecule has 1 aromatic rings. The first kappa shape index (κ1) is 15.3. The molecule has 0 aliphatic carbocycles. The van der Waals surface area contributed by atoms with E-state index >= 15 is 0 Å². The van der Waals surface area contributed by atoms with Crippen molar-refractivity contribution in [3.05, 3.63) is 35.4 Å². The minimum absolute atomic E-state index is 0.0104. The van der Waals surface area contributed by atoms with Crippen molar-refractivity contribution < 1.29 is 8.78 Å². The van der Waals surface area contributed by atoms with E-state index in [0.29, 0.717) is 0 Å². The monoisotopic (exact) mass is 284 g/mol. The highest BCUT2D eigenvalue weighted by Gasteiger charge is 2.31. The lowest BCUT2D eigenvalue weighted by Crippen LogP contribution is -2.49. The molecule has 3 N–H and O–H groups in total. The Morgan fingerprint density at radius 1 is 1.30 bits per heavy atom. The van der Waals surface area contributed by atoms with E-state index in [1.165, 1.54) is 6.07 Å². The first-order valence-electron chi connectivity index (χ1n) is 6.83. The van der Waals surface area contributed by atoms with E-state index in [4.69, 9.17) is 5.84 Å². The summed E-state index contributed by atoms with van der Waals surface area (Å²) in [5, 5.41) is 0. The normalized spacial score (nSPS) is 23.6. The van der Waals surface area contributed by atoms with Gasteiger partial charge >= 0.3 is 0 Å². The molecular weight excluding hydrogens is 262 g/mol. The lowest BCUT2D eigenvalue weighted by molar-refractivity contribution is 0.176. The lowest BCUT2D eigenvalue weighted by Gasteiger charge is -2.34. The maximum Gasteiger partial charge on any atom is 0.163 e. The maximum atomic E-state index is 14.0. The lowest BCUT2D eigenvalue weighted by atomic mass is 9.97. The summed E-state index contributed by atoms with van der Waals surface area (Å²) in [6, 6.07) is 3.76. The molecule has 20 heavy (non-hydrogen) atoms. The largest absolute Gasteiger partial charge is 0.305 e. The van der Waals surface area contributed by atoms with Crippen LogP contribution in [-0.4, -0.2) is 49.6 Å². The number of likely N-dealkylation sites (N-methyl/N-ethyl adjacent to an activating group) is 2. The third-order valence-electron chi connectivity index (χ3n) is 4.00. The summed E-state index contributed by atoms with van der Waals surface area (Å²) in [7, 11) is 4.02. The molecule has 2 unspecified atom stereocenters. The maximum absolute atomic E-state index is 14.0. The predicted octanol–water partition coefficient (Wildman–Crippen LogP) is 1.11. The van der Waals surface area contributed by atoms with Gasteiger partial charge in [0.2, 0.25) is 0 Å². The highest BCUT2D eigenvalue weighted by Crippen LogP contribution is 2.25. The van der Waals surface area contributed by atoms with Crippen molar-refractivity contribution in [3.8, 4) is 0 Å². The van der Waals surface area contributed by atoms with E-state index in [-0.39, 0.29) is 11.6 Å². The molecule has 2 rings (SSSR count). The first-order valence-corrected chi connectivity index (χ1v) is 6.83. The van der Waals surface area contributed by atoms with Gasteiger partial charge in [-0.05, 0) is 39.7 Å². The number of hydrogen-bond donors (Lipinski definition) is 2. The van der Waals surface area contributed by atoms with Gasteiger partial charge in [-0.25, -0.2) is 8.78 Å². The van der Waals surface area contributed by atoms with Crippen LogP contribution in [0.5, 0.6) is 0 Å². The molecule has 1 heterocycles. The Hall–Kier alpha value is -1.08. The Balaban J connectivity index is 2.32. The van der Waals surface area contributed by atoms with Gasteiger partial charge in [0.05, 0.1) is 6.04 Å². The van der Waals surface area contributed by atoms with Gasteiger partial charge in [-0.15, -0.1) is 0 Å². The molecule has 0 bridgehead atoms. The molecular formula is C14H22F2N4. The molecule has 0 saturated carbocycles. The number of nitrogens with zero attached hydrogens (tertiary/aromatic N) is 2. The summed E-state index contributed by atoms with van der Waals surface area (Å²) in [5.74, 6) is 3.97. The fraction of sp³-hybridized carbons (Fsp3) is 0.571. The molecule has 1 aliphatic heterocycles. The molecule has 1 aliphatic rings. The average molecular weight is 284 g/mol. The summed E-state index contributed by atoms with van der Waals surface area (Å²) >= 11 is 0. The van der Waals surface area contributed by atoms with Crippen LogP contribution in [0, 0.1) is 11.6 Å². The Kier molecular flexibility index (Phi) is 5.04. The number of hydrogen-bond acceptors (Lipinski definition) is 4. The van der Waals surface area contributed by atoms with Gasteiger partial charge in [-0.1, -0.05) is 12.1 Å². The van der Waals surface area contributed by atoms with E-state index in [9.17, 15) is 8.78 Å². The quantitative estimate of drug-likeness (QED) is 0.644. The van der Waals surface area contributed by atoms with Crippen LogP contribution < -0.4 is 11.3 Å². The van der Waals surface area contributed by atoms with Crippen molar-refractivity contribution in [1.82, 2.24) is 15.2 Å². The number of rotatable bonds is 3. The van der Waals surface area contributed by atoms with Gasteiger partial charge in [-0.2, -0.15) is 0 Å².